The Hall–Kier alpha value is -1.48. The van der Waals surface area contributed by atoms with Gasteiger partial charge in [-0.2, -0.15) is 0 Å². The Morgan fingerprint density at radius 2 is 1.82 bits per heavy atom. The quantitative estimate of drug-likeness (QED) is 0.434. The number of aromatic amines is 1. The van der Waals surface area contributed by atoms with E-state index in [9.17, 15) is 9.59 Å². The Balaban J connectivity index is 2.00. The fraction of sp³-hybridized carbons (Fsp3) is 0.769. The first-order valence-corrected chi connectivity index (χ1v) is 14.4. The van der Waals surface area contributed by atoms with Crippen molar-refractivity contribution in [3.63, 3.8) is 0 Å². The van der Waals surface area contributed by atoms with E-state index in [4.69, 9.17) is 13.6 Å². The summed E-state index contributed by atoms with van der Waals surface area (Å²) in [6.45, 7) is 23.7. The van der Waals surface area contributed by atoms with Crippen LogP contribution in [-0.2, 0) is 13.6 Å². The highest BCUT2D eigenvalue weighted by Gasteiger charge is 2.64. The number of rotatable bonds is 6. The molecule has 3 rings (SSSR count). The fourth-order valence-electron chi connectivity index (χ4n) is 5.98. The molecule has 0 aromatic carbocycles. The van der Waals surface area contributed by atoms with Crippen LogP contribution in [0.25, 0.3) is 0 Å². The highest BCUT2D eigenvalue weighted by molar-refractivity contribution is 6.73. The van der Waals surface area contributed by atoms with Crippen LogP contribution < -0.4 is 11.2 Å². The molecule has 2 fully saturated rings. The number of ether oxygens (including phenoxy) is 1. The van der Waals surface area contributed by atoms with Crippen LogP contribution in [-0.4, -0.2) is 36.9 Å². The van der Waals surface area contributed by atoms with Crippen molar-refractivity contribution >= 4 is 8.56 Å². The molecule has 6 unspecified atom stereocenters. The predicted molar refractivity (Wildman–Crippen MR) is 137 cm³/mol. The van der Waals surface area contributed by atoms with Crippen molar-refractivity contribution in [2.75, 3.05) is 6.61 Å². The third-order valence-electron chi connectivity index (χ3n) is 7.59. The molecule has 2 aliphatic rings. The number of hydrogen-bond acceptors (Lipinski definition) is 5. The van der Waals surface area contributed by atoms with Crippen molar-refractivity contribution in [1.29, 1.82) is 0 Å². The number of aromatic nitrogens is 2. The average Bonchev–Trinajstić information content (AvgIpc) is 3.09. The van der Waals surface area contributed by atoms with Crippen molar-refractivity contribution in [3.8, 4) is 0 Å². The molecule has 6 atom stereocenters. The van der Waals surface area contributed by atoms with Gasteiger partial charge in [0.15, 0.2) is 0 Å². The SMILES string of the molecule is C=CC(C)CC(C)n1cc(C2OC3CO[Si](C(C)(C)C)(C(C)(C)C)OC3C2CC)c(=O)[nH]c1=O. The van der Waals surface area contributed by atoms with Gasteiger partial charge in [-0.15, -0.1) is 6.58 Å². The van der Waals surface area contributed by atoms with Crippen molar-refractivity contribution in [2.24, 2.45) is 11.8 Å². The highest BCUT2D eigenvalue weighted by Crippen LogP contribution is 2.57. The lowest BCUT2D eigenvalue weighted by Crippen LogP contribution is -2.64. The summed E-state index contributed by atoms with van der Waals surface area (Å²) in [5.74, 6) is 0.254. The Kier molecular flexibility index (Phi) is 7.59. The Labute approximate surface area is 205 Å². The Morgan fingerprint density at radius 1 is 1.21 bits per heavy atom. The van der Waals surface area contributed by atoms with Gasteiger partial charge < -0.3 is 13.6 Å². The molecule has 2 saturated heterocycles. The molecule has 1 N–H and O–H groups in total. The summed E-state index contributed by atoms with van der Waals surface area (Å²) in [6, 6.07) is -0.0821. The lowest BCUT2D eigenvalue weighted by atomic mass is 9.90. The zero-order chi connectivity index (χ0) is 25.6. The number of nitrogens with one attached hydrogen (secondary N) is 1. The van der Waals surface area contributed by atoms with Crippen LogP contribution in [0.1, 0.15) is 92.9 Å². The summed E-state index contributed by atoms with van der Waals surface area (Å²) in [5.41, 5.74) is -0.294. The van der Waals surface area contributed by atoms with Crippen molar-refractivity contribution < 1.29 is 13.6 Å². The summed E-state index contributed by atoms with van der Waals surface area (Å²) in [7, 11) is -2.66. The first-order valence-electron chi connectivity index (χ1n) is 12.6. The number of nitrogens with zero attached hydrogens (tertiary/aromatic N) is 1. The van der Waals surface area contributed by atoms with Crippen molar-refractivity contribution in [2.45, 2.75) is 110 Å². The molecule has 1 aromatic heterocycles. The fourth-order valence-corrected chi connectivity index (χ4v) is 11.0. The molecule has 2 aliphatic heterocycles. The smallest absolute Gasteiger partial charge is 0.349 e. The summed E-state index contributed by atoms with van der Waals surface area (Å²) in [6.07, 6.45) is 4.30. The lowest BCUT2D eigenvalue weighted by Gasteiger charge is -2.54. The molecule has 0 saturated carbocycles. The van der Waals surface area contributed by atoms with E-state index in [2.05, 4.69) is 67.0 Å². The van der Waals surface area contributed by atoms with Gasteiger partial charge in [-0.05, 0) is 25.7 Å². The maximum absolute atomic E-state index is 13.0. The molecule has 0 radical (unpaired) electrons. The summed E-state index contributed by atoms with van der Waals surface area (Å²) in [5, 5.41) is -0.261. The zero-order valence-corrected chi connectivity index (χ0v) is 23.4. The lowest BCUT2D eigenvalue weighted by molar-refractivity contribution is -0.0699. The van der Waals surface area contributed by atoms with Crippen LogP contribution >= 0.6 is 0 Å². The van der Waals surface area contributed by atoms with E-state index in [0.29, 0.717) is 12.2 Å². The normalized spacial score (nSPS) is 28.9. The van der Waals surface area contributed by atoms with Crippen LogP contribution in [0.4, 0.5) is 0 Å². The number of allylic oxidation sites excluding steroid dienone is 1. The minimum absolute atomic E-state index is 0.0000630. The second-order valence-electron chi connectivity index (χ2n) is 12.2. The van der Waals surface area contributed by atoms with E-state index >= 15 is 0 Å². The van der Waals surface area contributed by atoms with Crippen molar-refractivity contribution in [3.05, 3.63) is 45.3 Å². The van der Waals surface area contributed by atoms with Crippen LogP contribution in [0.2, 0.25) is 10.1 Å². The second kappa shape index (κ2) is 9.52. The van der Waals surface area contributed by atoms with Crippen molar-refractivity contribution in [1.82, 2.24) is 9.55 Å². The third kappa shape index (κ3) is 4.66. The first-order chi connectivity index (χ1) is 15.7. The van der Waals surface area contributed by atoms with Gasteiger partial charge in [0.05, 0.1) is 24.4 Å². The van der Waals surface area contributed by atoms with Crippen LogP contribution in [0.15, 0.2) is 28.4 Å². The van der Waals surface area contributed by atoms with E-state index in [-0.39, 0.29) is 45.7 Å². The van der Waals surface area contributed by atoms with Gasteiger partial charge in [-0.25, -0.2) is 4.79 Å². The topological polar surface area (TPSA) is 82.6 Å². The van der Waals surface area contributed by atoms with Gasteiger partial charge in [0.25, 0.3) is 5.56 Å². The summed E-state index contributed by atoms with van der Waals surface area (Å²) >= 11 is 0. The largest absolute Gasteiger partial charge is 0.391 e. The molecular weight excluding hydrogens is 448 g/mol. The van der Waals surface area contributed by atoms with Crippen LogP contribution in [0.3, 0.4) is 0 Å². The highest BCUT2D eigenvalue weighted by atomic mass is 28.4. The Bertz CT molecular complexity index is 988. The number of H-pyrrole nitrogens is 1. The molecular formula is C26H44N2O5Si. The van der Waals surface area contributed by atoms with Gasteiger partial charge in [0.2, 0.25) is 0 Å². The van der Waals surface area contributed by atoms with E-state index in [1.165, 1.54) is 0 Å². The minimum Gasteiger partial charge on any atom is -0.391 e. The van der Waals surface area contributed by atoms with E-state index < -0.39 is 20.4 Å². The Morgan fingerprint density at radius 3 is 2.35 bits per heavy atom. The molecule has 0 amide bonds. The zero-order valence-electron chi connectivity index (χ0n) is 22.4. The number of fused-ring (bicyclic) bond motifs is 1. The van der Waals surface area contributed by atoms with E-state index in [1.807, 2.05) is 13.0 Å². The molecule has 8 heteroatoms. The average molecular weight is 493 g/mol. The minimum atomic E-state index is -2.66. The van der Waals surface area contributed by atoms with Gasteiger partial charge >= 0.3 is 14.3 Å². The van der Waals surface area contributed by atoms with Crippen LogP contribution in [0, 0.1) is 11.8 Å². The van der Waals surface area contributed by atoms with Crippen LogP contribution in [0.5, 0.6) is 0 Å². The maximum Gasteiger partial charge on any atom is 0.349 e. The number of hydrogen-bond donors (Lipinski definition) is 1. The molecule has 7 nitrogen and oxygen atoms in total. The third-order valence-corrected chi connectivity index (χ3v) is 12.7. The summed E-state index contributed by atoms with van der Waals surface area (Å²) < 4.78 is 21.7. The van der Waals surface area contributed by atoms with Gasteiger partial charge in [-0.1, -0.05) is 61.5 Å². The first kappa shape index (κ1) is 27.1. The second-order valence-corrected chi connectivity index (χ2v) is 17.0. The predicted octanol–water partition coefficient (Wildman–Crippen LogP) is 5.23. The molecule has 0 spiro atoms. The van der Waals surface area contributed by atoms with Gasteiger partial charge in [0.1, 0.15) is 6.10 Å². The standard InChI is InChI=1S/C26H44N2O5Si/c1-11-16(3)13-17(4)28-14-19(23(29)27-24(28)30)21-18(12-2)22-20(32-21)15-31-34(33-22,25(5,6)7)26(8,9)10/h11,14,16-18,20-22H,1,12-13,15H2,2-10H3,(H,27,29,30). The molecule has 0 bridgehead atoms. The molecule has 1 aromatic rings. The molecule has 3 heterocycles. The van der Waals surface area contributed by atoms with Gasteiger partial charge in [-0.3, -0.25) is 14.3 Å². The summed E-state index contributed by atoms with van der Waals surface area (Å²) in [4.78, 5) is 28.1. The monoisotopic (exact) mass is 492 g/mol. The molecule has 192 valence electrons. The van der Waals surface area contributed by atoms with E-state index in [1.54, 1.807) is 10.8 Å². The molecule has 34 heavy (non-hydrogen) atoms. The van der Waals surface area contributed by atoms with E-state index in [0.717, 1.165) is 12.8 Å². The maximum atomic E-state index is 13.0. The molecule has 0 aliphatic carbocycles. The van der Waals surface area contributed by atoms with Gasteiger partial charge in [0, 0.05) is 28.2 Å².